The van der Waals surface area contributed by atoms with Crippen molar-refractivity contribution in [3.05, 3.63) is 29.8 Å². The van der Waals surface area contributed by atoms with Gasteiger partial charge in [-0.25, -0.2) is 0 Å². The lowest BCUT2D eigenvalue weighted by Crippen LogP contribution is -2.44. The third-order valence-electron chi connectivity index (χ3n) is 3.97. The smallest absolute Gasteiger partial charge is 0.118 e. The Labute approximate surface area is 123 Å². The third kappa shape index (κ3) is 4.50. The van der Waals surface area contributed by atoms with E-state index in [0.29, 0.717) is 5.92 Å². The summed E-state index contributed by atoms with van der Waals surface area (Å²) in [6.07, 6.45) is 2.53. The fourth-order valence-electron chi connectivity index (χ4n) is 2.95. The van der Waals surface area contributed by atoms with E-state index in [2.05, 4.69) is 48.3 Å². The minimum Gasteiger partial charge on any atom is -0.497 e. The van der Waals surface area contributed by atoms with Gasteiger partial charge < -0.3 is 10.1 Å². The van der Waals surface area contributed by atoms with Crippen LogP contribution in [0.15, 0.2) is 24.3 Å². The molecule has 1 aromatic carbocycles. The molecule has 0 saturated carbocycles. The molecule has 0 unspecified atom stereocenters. The van der Waals surface area contributed by atoms with E-state index in [1.165, 1.54) is 24.9 Å². The summed E-state index contributed by atoms with van der Waals surface area (Å²) in [4.78, 5) is 2.66. The van der Waals surface area contributed by atoms with E-state index in [9.17, 15) is 0 Å². The molecular weight excluding hydrogens is 248 g/mol. The monoisotopic (exact) mass is 276 g/mol. The van der Waals surface area contributed by atoms with Gasteiger partial charge in [0.05, 0.1) is 7.11 Å². The molecule has 0 atom stereocenters. The van der Waals surface area contributed by atoms with Gasteiger partial charge >= 0.3 is 0 Å². The van der Waals surface area contributed by atoms with Crippen molar-refractivity contribution in [2.75, 3.05) is 26.7 Å². The summed E-state index contributed by atoms with van der Waals surface area (Å²) in [7, 11) is 1.72. The number of benzene rings is 1. The van der Waals surface area contributed by atoms with E-state index < -0.39 is 0 Å². The van der Waals surface area contributed by atoms with Crippen molar-refractivity contribution in [2.24, 2.45) is 5.92 Å². The topological polar surface area (TPSA) is 24.5 Å². The Morgan fingerprint density at radius 3 is 2.40 bits per heavy atom. The molecule has 0 spiro atoms. The van der Waals surface area contributed by atoms with Gasteiger partial charge in [0.25, 0.3) is 0 Å². The third-order valence-corrected chi connectivity index (χ3v) is 3.97. The summed E-state index contributed by atoms with van der Waals surface area (Å²) >= 11 is 0. The minimum atomic E-state index is 0.711. The van der Waals surface area contributed by atoms with Gasteiger partial charge in [-0.2, -0.15) is 0 Å². The van der Waals surface area contributed by atoms with E-state index >= 15 is 0 Å². The van der Waals surface area contributed by atoms with Crippen LogP contribution in [0.3, 0.4) is 0 Å². The Morgan fingerprint density at radius 1 is 1.20 bits per heavy atom. The second kappa shape index (κ2) is 7.65. The first-order valence-corrected chi connectivity index (χ1v) is 7.76. The Balaban J connectivity index is 2.01. The van der Waals surface area contributed by atoms with Crippen LogP contribution in [-0.2, 0) is 6.54 Å². The van der Waals surface area contributed by atoms with Gasteiger partial charge in [-0.15, -0.1) is 0 Å². The second-order valence-corrected chi connectivity index (χ2v) is 6.15. The van der Waals surface area contributed by atoms with Gasteiger partial charge in [0.2, 0.25) is 0 Å². The molecule has 1 aromatic rings. The number of methoxy groups -OCH3 is 1. The standard InChI is InChI=1S/C17H28N2O/c1-14(2)12-19(16-8-10-18-11-9-16)13-15-4-6-17(20-3)7-5-15/h4-7,14,16,18H,8-13H2,1-3H3. The maximum atomic E-state index is 5.23. The average Bonchev–Trinajstić information content (AvgIpc) is 2.48. The molecule has 1 saturated heterocycles. The Hall–Kier alpha value is -1.06. The molecule has 1 aliphatic rings. The first-order chi connectivity index (χ1) is 9.69. The first kappa shape index (κ1) is 15.3. The highest BCUT2D eigenvalue weighted by Crippen LogP contribution is 2.19. The van der Waals surface area contributed by atoms with Crippen LogP contribution in [-0.4, -0.2) is 37.7 Å². The Kier molecular flexibility index (Phi) is 5.86. The lowest BCUT2D eigenvalue weighted by Gasteiger charge is -2.35. The molecule has 112 valence electrons. The van der Waals surface area contributed by atoms with Crippen LogP contribution in [0, 0.1) is 5.92 Å². The molecule has 0 aliphatic carbocycles. The molecule has 1 aliphatic heterocycles. The Morgan fingerprint density at radius 2 is 1.85 bits per heavy atom. The average molecular weight is 276 g/mol. The highest BCUT2D eigenvalue weighted by Gasteiger charge is 2.21. The SMILES string of the molecule is COc1ccc(CN(CC(C)C)C2CCNCC2)cc1. The summed E-state index contributed by atoms with van der Waals surface area (Å²) < 4.78 is 5.23. The number of ether oxygens (including phenoxy) is 1. The van der Waals surface area contributed by atoms with Crippen LogP contribution in [0.25, 0.3) is 0 Å². The molecule has 0 radical (unpaired) electrons. The molecular formula is C17H28N2O. The van der Waals surface area contributed by atoms with Crippen LogP contribution < -0.4 is 10.1 Å². The molecule has 0 amide bonds. The largest absolute Gasteiger partial charge is 0.497 e. The van der Waals surface area contributed by atoms with Crippen molar-refractivity contribution in [2.45, 2.75) is 39.3 Å². The lowest BCUT2D eigenvalue weighted by molar-refractivity contribution is 0.137. The number of nitrogens with zero attached hydrogens (tertiary/aromatic N) is 1. The molecule has 0 bridgehead atoms. The highest BCUT2D eigenvalue weighted by atomic mass is 16.5. The van der Waals surface area contributed by atoms with Gasteiger partial charge in [0.15, 0.2) is 0 Å². The number of rotatable bonds is 6. The van der Waals surface area contributed by atoms with E-state index in [1.54, 1.807) is 7.11 Å². The summed E-state index contributed by atoms with van der Waals surface area (Å²) in [5.41, 5.74) is 1.38. The van der Waals surface area contributed by atoms with Crippen LogP contribution in [0.1, 0.15) is 32.3 Å². The van der Waals surface area contributed by atoms with Crippen molar-refractivity contribution in [3.8, 4) is 5.75 Å². The van der Waals surface area contributed by atoms with Crippen LogP contribution >= 0.6 is 0 Å². The number of piperidine rings is 1. The van der Waals surface area contributed by atoms with Crippen LogP contribution in [0.5, 0.6) is 5.75 Å². The lowest BCUT2D eigenvalue weighted by atomic mass is 10.0. The number of nitrogens with one attached hydrogen (secondary N) is 1. The Bertz CT molecular complexity index is 382. The predicted molar refractivity (Wildman–Crippen MR) is 84.1 cm³/mol. The maximum absolute atomic E-state index is 5.23. The molecule has 3 nitrogen and oxygen atoms in total. The highest BCUT2D eigenvalue weighted by molar-refractivity contribution is 5.27. The predicted octanol–water partition coefficient (Wildman–Crippen LogP) is 2.91. The summed E-state index contributed by atoms with van der Waals surface area (Å²) in [5, 5.41) is 3.46. The first-order valence-electron chi connectivity index (χ1n) is 7.76. The molecule has 1 fully saturated rings. The van der Waals surface area contributed by atoms with Crippen molar-refractivity contribution in [1.29, 1.82) is 0 Å². The van der Waals surface area contributed by atoms with Gasteiger partial charge in [-0.1, -0.05) is 26.0 Å². The molecule has 1 heterocycles. The van der Waals surface area contributed by atoms with E-state index in [-0.39, 0.29) is 0 Å². The fraction of sp³-hybridized carbons (Fsp3) is 0.647. The van der Waals surface area contributed by atoms with Crippen molar-refractivity contribution < 1.29 is 4.74 Å². The normalized spacial score (nSPS) is 16.9. The molecule has 1 N–H and O–H groups in total. The molecule has 0 aromatic heterocycles. The fourth-order valence-corrected chi connectivity index (χ4v) is 2.95. The zero-order valence-corrected chi connectivity index (χ0v) is 13.1. The van der Waals surface area contributed by atoms with Crippen molar-refractivity contribution in [1.82, 2.24) is 10.2 Å². The quantitative estimate of drug-likeness (QED) is 0.864. The zero-order chi connectivity index (χ0) is 14.4. The van der Waals surface area contributed by atoms with E-state index in [4.69, 9.17) is 4.74 Å². The van der Waals surface area contributed by atoms with Crippen LogP contribution in [0.4, 0.5) is 0 Å². The van der Waals surface area contributed by atoms with Gasteiger partial charge in [0, 0.05) is 19.1 Å². The molecule has 20 heavy (non-hydrogen) atoms. The summed E-state index contributed by atoms with van der Waals surface area (Å²) in [6.45, 7) is 9.15. The molecule has 3 heteroatoms. The molecule has 2 rings (SSSR count). The van der Waals surface area contributed by atoms with Crippen molar-refractivity contribution >= 4 is 0 Å². The maximum Gasteiger partial charge on any atom is 0.118 e. The van der Waals surface area contributed by atoms with Crippen LogP contribution in [0.2, 0.25) is 0 Å². The summed E-state index contributed by atoms with van der Waals surface area (Å²) in [6, 6.07) is 9.22. The van der Waals surface area contributed by atoms with E-state index in [0.717, 1.165) is 31.4 Å². The minimum absolute atomic E-state index is 0.711. The number of hydrogen-bond donors (Lipinski definition) is 1. The van der Waals surface area contributed by atoms with E-state index in [1.807, 2.05) is 0 Å². The zero-order valence-electron chi connectivity index (χ0n) is 13.1. The number of hydrogen-bond acceptors (Lipinski definition) is 3. The summed E-state index contributed by atoms with van der Waals surface area (Å²) in [5.74, 6) is 1.65. The second-order valence-electron chi connectivity index (χ2n) is 6.15. The van der Waals surface area contributed by atoms with Crippen molar-refractivity contribution in [3.63, 3.8) is 0 Å². The van der Waals surface area contributed by atoms with Gasteiger partial charge in [-0.05, 0) is 49.5 Å². The van der Waals surface area contributed by atoms with Gasteiger partial charge in [0.1, 0.15) is 5.75 Å². The van der Waals surface area contributed by atoms with Gasteiger partial charge in [-0.3, -0.25) is 4.90 Å².